The van der Waals surface area contributed by atoms with Gasteiger partial charge in [-0.1, -0.05) is 30.3 Å². The molecule has 3 nitrogen and oxygen atoms in total. The maximum Gasteiger partial charge on any atom is 0.210 e. The molecule has 0 aliphatic heterocycles. The van der Waals surface area contributed by atoms with E-state index in [-0.39, 0.29) is 15.5 Å². The molecule has 2 rings (SSSR count). The van der Waals surface area contributed by atoms with Crippen LogP contribution in [0.4, 0.5) is 0 Å². The van der Waals surface area contributed by atoms with Gasteiger partial charge in [-0.3, -0.25) is 0 Å². The summed E-state index contributed by atoms with van der Waals surface area (Å²) in [6.45, 7) is 1.73. The van der Waals surface area contributed by atoms with Crippen molar-refractivity contribution in [2.45, 2.75) is 16.7 Å². The van der Waals surface area contributed by atoms with Gasteiger partial charge in [-0.2, -0.15) is 0 Å². The van der Waals surface area contributed by atoms with Crippen molar-refractivity contribution in [3.63, 3.8) is 0 Å². The van der Waals surface area contributed by atoms with Crippen LogP contribution in [-0.2, 0) is 9.84 Å². The summed E-state index contributed by atoms with van der Waals surface area (Å²) >= 11 is 0. The molecule has 0 fully saturated rings. The first kappa shape index (κ1) is 11.7. The van der Waals surface area contributed by atoms with Gasteiger partial charge >= 0.3 is 0 Å². The van der Waals surface area contributed by atoms with E-state index in [1.165, 1.54) is 18.2 Å². The molecule has 0 aromatic heterocycles. The topological polar surface area (TPSA) is 54.4 Å². The molecule has 0 heterocycles. The van der Waals surface area contributed by atoms with E-state index in [9.17, 15) is 13.5 Å². The van der Waals surface area contributed by atoms with Crippen molar-refractivity contribution in [3.8, 4) is 5.75 Å². The lowest BCUT2D eigenvalue weighted by Crippen LogP contribution is -2.04. The Hall–Kier alpha value is -1.81. The van der Waals surface area contributed by atoms with E-state index >= 15 is 0 Å². The van der Waals surface area contributed by atoms with Gasteiger partial charge in [0.1, 0.15) is 10.6 Å². The van der Waals surface area contributed by atoms with Crippen LogP contribution in [0.3, 0.4) is 0 Å². The van der Waals surface area contributed by atoms with E-state index in [1.807, 2.05) is 0 Å². The van der Waals surface area contributed by atoms with Crippen molar-refractivity contribution >= 4 is 9.84 Å². The number of hydrogen-bond acceptors (Lipinski definition) is 3. The maximum absolute atomic E-state index is 12.3. The lowest BCUT2D eigenvalue weighted by Gasteiger charge is -2.08. The van der Waals surface area contributed by atoms with Crippen molar-refractivity contribution in [2.75, 3.05) is 0 Å². The number of sulfone groups is 1. The van der Waals surface area contributed by atoms with E-state index in [4.69, 9.17) is 0 Å². The second kappa shape index (κ2) is 4.22. The number of phenols is 1. The third-order valence-electron chi connectivity index (χ3n) is 2.54. The zero-order valence-electron chi connectivity index (χ0n) is 9.29. The van der Waals surface area contributed by atoms with Crippen LogP contribution in [0, 0.1) is 6.92 Å². The molecule has 2 aromatic carbocycles. The van der Waals surface area contributed by atoms with Crippen molar-refractivity contribution < 1.29 is 13.5 Å². The summed E-state index contributed by atoms with van der Waals surface area (Å²) in [6.07, 6.45) is 0. The van der Waals surface area contributed by atoms with E-state index in [0.717, 1.165) is 0 Å². The number of phenolic OH excluding ortho intramolecular Hbond substituents is 1. The summed E-state index contributed by atoms with van der Waals surface area (Å²) in [5.74, 6) is -0.226. The van der Waals surface area contributed by atoms with Gasteiger partial charge in [-0.15, -0.1) is 0 Å². The number of para-hydroxylation sites is 1. The predicted octanol–water partition coefficient (Wildman–Crippen LogP) is 2.53. The number of aryl methyl sites for hydroxylation is 1. The average molecular weight is 248 g/mol. The highest BCUT2D eigenvalue weighted by Crippen LogP contribution is 2.29. The minimum Gasteiger partial charge on any atom is -0.507 e. The molecule has 0 saturated carbocycles. The van der Waals surface area contributed by atoms with Crippen LogP contribution in [0.1, 0.15) is 5.56 Å². The number of rotatable bonds is 2. The molecular formula is C13H12O3S. The molecule has 1 N–H and O–H groups in total. The molecule has 4 heteroatoms. The predicted molar refractivity (Wildman–Crippen MR) is 64.7 cm³/mol. The van der Waals surface area contributed by atoms with Gasteiger partial charge in [-0.25, -0.2) is 8.42 Å². The van der Waals surface area contributed by atoms with Crippen LogP contribution in [0.15, 0.2) is 58.3 Å². The van der Waals surface area contributed by atoms with Crippen molar-refractivity contribution in [2.24, 2.45) is 0 Å². The Morgan fingerprint density at radius 2 is 1.41 bits per heavy atom. The van der Waals surface area contributed by atoms with Crippen LogP contribution in [-0.4, -0.2) is 13.5 Å². The number of aromatic hydroxyl groups is 1. The van der Waals surface area contributed by atoms with Gasteiger partial charge in [0.15, 0.2) is 0 Å². The van der Waals surface area contributed by atoms with Crippen LogP contribution in [0.25, 0.3) is 0 Å². The molecule has 0 unspecified atom stereocenters. The fourth-order valence-corrected chi connectivity index (χ4v) is 3.25. The normalized spacial score (nSPS) is 11.4. The van der Waals surface area contributed by atoms with Gasteiger partial charge in [0.2, 0.25) is 9.84 Å². The van der Waals surface area contributed by atoms with Crippen LogP contribution < -0.4 is 0 Å². The second-order valence-electron chi connectivity index (χ2n) is 3.74. The average Bonchev–Trinajstić information content (AvgIpc) is 2.29. The molecule has 0 aliphatic carbocycles. The zero-order chi connectivity index (χ0) is 12.5. The highest BCUT2D eigenvalue weighted by atomic mass is 32.2. The summed E-state index contributed by atoms with van der Waals surface area (Å²) in [5, 5.41) is 9.62. The fourth-order valence-electron chi connectivity index (χ4n) is 1.66. The number of benzene rings is 2. The van der Waals surface area contributed by atoms with Crippen LogP contribution in [0.5, 0.6) is 5.75 Å². The van der Waals surface area contributed by atoms with Crippen LogP contribution in [0.2, 0.25) is 0 Å². The highest BCUT2D eigenvalue weighted by Gasteiger charge is 2.22. The van der Waals surface area contributed by atoms with Crippen LogP contribution >= 0.6 is 0 Å². The fraction of sp³-hybridized carbons (Fsp3) is 0.0769. The van der Waals surface area contributed by atoms with E-state index in [2.05, 4.69) is 0 Å². The largest absolute Gasteiger partial charge is 0.507 e. The molecule has 2 aromatic rings. The van der Waals surface area contributed by atoms with Gasteiger partial charge in [0.05, 0.1) is 4.90 Å². The molecule has 0 amide bonds. The van der Waals surface area contributed by atoms with Gasteiger partial charge in [0, 0.05) is 0 Å². The third kappa shape index (κ3) is 2.03. The van der Waals surface area contributed by atoms with E-state index < -0.39 is 9.84 Å². The summed E-state index contributed by atoms with van der Waals surface area (Å²) < 4.78 is 24.6. The van der Waals surface area contributed by atoms with Crippen molar-refractivity contribution in [3.05, 3.63) is 54.1 Å². The molecule has 0 bridgehead atoms. The molecular weight excluding hydrogens is 236 g/mol. The van der Waals surface area contributed by atoms with E-state index in [1.54, 1.807) is 37.3 Å². The first-order chi connectivity index (χ1) is 8.03. The third-order valence-corrected chi connectivity index (χ3v) is 4.50. The number of hydrogen-bond donors (Lipinski definition) is 1. The monoisotopic (exact) mass is 248 g/mol. The molecule has 0 spiro atoms. The molecule has 0 atom stereocenters. The Balaban J connectivity index is 2.67. The van der Waals surface area contributed by atoms with Crippen molar-refractivity contribution in [1.29, 1.82) is 0 Å². The van der Waals surface area contributed by atoms with Gasteiger partial charge in [0.25, 0.3) is 0 Å². The second-order valence-corrected chi connectivity index (χ2v) is 5.62. The maximum atomic E-state index is 12.3. The smallest absolute Gasteiger partial charge is 0.210 e. The SMILES string of the molecule is Cc1ccccc1S(=O)(=O)c1ccccc1O. The summed E-state index contributed by atoms with van der Waals surface area (Å²) in [6, 6.07) is 12.7. The summed E-state index contributed by atoms with van der Waals surface area (Å²) in [7, 11) is -3.65. The molecule has 0 saturated heterocycles. The Morgan fingerprint density at radius 3 is 2.00 bits per heavy atom. The molecule has 17 heavy (non-hydrogen) atoms. The highest BCUT2D eigenvalue weighted by molar-refractivity contribution is 7.91. The summed E-state index contributed by atoms with van der Waals surface area (Å²) in [5.41, 5.74) is 0.663. The minimum atomic E-state index is -3.65. The first-order valence-electron chi connectivity index (χ1n) is 5.12. The summed E-state index contributed by atoms with van der Waals surface area (Å²) in [4.78, 5) is 0.163. The lowest BCUT2D eigenvalue weighted by molar-refractivity contribution is 0.459. The zero-order valence-corrected chi connectivity index (χ0v) is 10.1. The van der Waals surface area contributed by atoms with Gasteiger partial charge in [-0.05, 0) is 30.7 Å². The first-order valence-corrected chi connectivity index (χ1v) is 6.60. The van der Waals surface area contributed by atoms with Crippen molar-refractivity contribution in [1.82, 2.24) is 0 Å². The molecule has 88 valence electrons. The van der Waals surface area contributed by atoms with Gasteiger partial charge < -0.3 is 5.11 Å². The quantitative estimate of drug-likeness (QED) is 0.888. The Kier molecular flexibility index (Phi) is 2.90. The molecule has 0 aliphatic rings. The Morgan fingerprint density at radius 1 is 0.882 bits per heavy atom. The standard InChI is InChI=1S/C13H12O3S/c1-10-6-2-4-8-12(10)17(15,16)13-9-5-3-7-11(13)14/h2-9,14H,1H3. The Bertz CT molecular complexity index is 594. The van der Waals surface area contributed by atoms with E-state index in [0.29, 0.717) is 5.56 Å². The molecule has 0 radical (unpaired) electrons. The Labute approximate surface area is 100 Å². The lowest BCUT2D eigenvalue weighted by atomic mass is 10.2. The minimum absolute atomic E-state index is 0.0608.